The normalized spacial score (nSPS) is 10.9. The van der Waals surface area contributed by atoms with Crippen LogP contribution in [0, 0.1) is 19.7 Å². The molecule has 1 N–H and O–H groups in total. The van der Waals surface area contributed by atoms with Gasteiger partial charge in [-0.1, -0.05) is 29.8 Å². The number of aromatic amines is 1. The van der Waals surface area contributed by atoms with Crippen LogP contribution in [0.1, 0.15) is 27.2 Å². The van der Waals surface area contributed by atoms with Crippen LogP contribution >= 0.6 is 0 Å². The molecular weight excluding hydrogens is 253 g/mol. The third-order valence-corrected chi connectivity index (χ3v) is 3.49. The smallest absolute Gasteiger partial charge is 0.195 e. The van der Waals surface area contributed by atoms with Crippen molar-refractivity contribution in [2.45, 2.75) is 13.8 Å². The number of hydrogen-bond donors (Lipinski definition) is 1. The van der Waals surface area contributed by atoms with Crippen LogP contribution in [-0.4, -0.2) is 10.8 Å². The molecule has 0 fully saturated rings. The molecule has 0 atom stereocenters. The first kappa shape index (κ1) is 12.6. The van der Waals surface area contributed by atoms with Crippen molar-refractivity contribution in [2.24, 2.45) is 0 Å². The zero-order chi connectivity index (χ0) is 14.3. The summed E-state index contributed by atoms with van der Waals surface area (Å²) in [7, 11) is 0. The average Bonchev–Trinajstić information content (AvgIpc) is 2.74. The summed E-state index contributed by atoms with van der Waals surface area (Å²) >= 11 is 0. The van der Waals surface area contributed by atoms with Gasteiger partial charge in [-0.05, 0) is 32.0 Å². The molecule has 3 aromatic rings. The Morgan fingerprint density at radius 1 is 1.05 bits per heavy atom. The van der Waals surface area contributed by atoms with E-state index in [1.54, 1.807) is 18.2 Å². The summed E-state index contributed by atoms with van der Waals surface area (Å²) < 4.78 is 13.4. The van der Waals surface area contributed by atoms with Gasteiger partial charge in [0.25, 0.3) is 0 Å². The molecule has 0 bridgehead atoms. The Hall–Kier alpha value is -2.42. The third-order valence-electron chi connectivity index (χ3n) is 3.49. The molecule has 0 amide bonds. The molecule has 0 radical (unpaired) electrons. The fourth-order valence-corrected chi connectivity index (χ4v) is 2.44. The van der Waals surface area contributed by atoms with Gasteiger partial charge in [-0.25, -0.2) is 4.39 Å². The van der Waals surface area contributed by atoms with E-state index in [1.807, 2.05) is 26.0 Å². The topological polar surface area (TPSA) is 32.9 Å². The van der Waals surface area contributed by atoms with Crippen LogP contribution in [0.4, 0.5) is 4.39 Å². The molecule has 0 saturated heterocycles. The lowest BCUT2D eigenvalue weighted by Crippen LogP contribution is -2.02. The Morgan fingerprint density at radius 2 is 1.75 bits per heavy atom. The van der Waals surface area contributed by atoms with Crippen molar-refractivity contribution in [1.29, 1.82) is 0 Å². The Bertz CT molecular complexity index is 800. The Balaban J connectivity index is 2.18. The number of aromatic nitrogens is 1. The van der Waals surface area contributed by atoms with Gasteiger partial charge >= 0.3 is 0 Å². The highest BCUT2D eigenvalue weighted by Gasteiger charge is 2.17. The van der Waals surface area contributed by atoms with Gasteiger partial charge in [-0.15, -0.1) is 0 Å². The van der Waals surface area contributed by atoms with E-state index in [4.69, 9.17) is 0 Å². The monoisotopic (exact) mass is 267 g/mol. The standard InChI is InChI=1S/C17H14FNO/c1-10-3-5-12(6-4-10)17(20)16-11(2)19-15-8-7-13(18)9-14(15)16/h3-9,19H,1-2H3. The lowest BCUT2D eigenvalue weighted by Gasteiger charge is -2.02. The Morgan fingerprint density at radius 3 is 2.45 bits per heavy atom. The fraction of sp³-hybridized carbons (Fsp3) is 0.118. The van der Waals surface area contributed by atoms with Crippen molar-refractivity contribution >= 4 is 16.7 Å². The molecule has 2 aromatic carbocycles. The molecule has 1 heterocycles. The molecule has 100 valence electrons. The maximum atomic E-state index is 13.4. The number of nitrogens with one attached hydrogen (secondary N) is 1. The number of carbonyl (C=O) groups is 1. The van der Waals surface area contributed by atoms with Crippen molar-refractivity contribution < 1.29 is 9.18 Å². The van der Waals surface area contributed by atoms with Gasteiger partial charge in [0.1, 0.15) is 5.82 Å². The lowest BCUT2D eigenvalue weighted by molar-refractivity contribution is 0.104. The van der Waals surface area contributed by atoms with Crippen molar-refractivity contribution in [3.05, 3.63) is 70.7 Å². The first-order valence-electron chi connectivity index (χ1n) is 6.45. The number of hydrogen-bond acceptors (Lipinski definition) is 1. The molecule has 0 aliphatic rings. The molecule has 3 heteroatoms. The first-order valence-corrected chi connectivity index (χ1v) is 6.45. The summed E-state index contributed by atoms with van der Waals surface area (Å²) in [6.45, 7) is 3.81. The highest BCUT2D eigenvalue weighted by molar-refractivity contribution is 6.17. The zero-order valence-electron chi connectivity index (χ0n) is 11.3. The van der Waals surface area contributed by atoms with Crippen LogP contribution < -0.4 is 0 Å². The summed E-state index contributed by atoms with van der Waals surface area (Å²) in [5.74, 6) is -0.422. The van der Waals surface area contributed by atoms with E-state index in [0.29, 0.717) is 16.5 Å². The van der Waals surface area contributed by atoms with E-state index in [1.165, 1.54) is 12.1 Å². The summed E-state index contributed by atoms with van der Waals surface area (Å²) in [4.78, 5) is 15.8. The molecule has 0 spiro atoms. The molecule has 3 rings (SSSR count). The molecule has 20 heavy (non-hydrogen) atoms. The zero-order valence-corrected chi connectivity index (χ0v) is 11.3. The molecule has 0 aliphatic heterocycles. The maximum Gasteiger partial charge on any atom is 0.195 e. The van der Waals surface area contributed by atoms with Crippen molar-refractivity contribution in [1.82, 2.24) is 4.98 Å². The van der Waals surface area contributed by atoms with Gasteiger partial charge in [-0.3, -0.25) is 4.79 Å². The van der Waals surface area contributed by atoms with E-state index >= 15 is 0 Å². The molecule has 0 unspecified atom stereocenters. The number of halogens is 1. The summed E-state index contributed by atoms with van der Waals surface area (Å²) in [6, 6.07) is 11.8. The van der Waals surface area contributed by atoms with Gasteiger partial charge < -0.3 is 4.98 Å². The number of benzene rings is 2. The average molecular weight is 267 g/mol. The highest BCUT2D eigenvalue weighted by atomic mass is 19.1. The van der Waals surface area contributed by atoms with E-state index < -0.39 is 0 Å². The molecule has 0 saturated carbocycles. The largest absolute Gasteiger partial charge is 0.358 e. The van der Waals surface area contributed by atoms with E-state index in [-0.39, 0.29) is 11.6 Å². The Kier molecular flexibility index (Phi) is 2.90. The maximum absolute atomic E-state index is 13.4. The second-order valence-electron chi connectivity index (χ2n) is 5.01. The second kappa shape index (κ2) is 4.60. The molecule has 0 aliphatic carbocycles. The molecule has 1 aromatic heterocycles. The highest BCUT2D eigenvalue weighted by Crippen LogP contribution is 2.25. The quantitative estimate of drug-likeness (QED) is 0.695. The van der Waals surface area contributed by atoms with E-state index in [9.17, 15) is 9.18 Å². The number of aryl methyl sites for hydroxylation is 2. The minimum Gasteiger partial charge on any atom is -0.358 e. The van der Waals surface area contributed by atoms with Gasteiger partial charge in [0.2, 0.25) is 0 Å². The number of carbonyl (C=O) groups excluding carboxylic acids is 1. The van der Waals surface area contributed by atoms with Crippen LogP contribution in [0.3, 0.4) is 0 Å². The van der Waals surface area contributed by atoms with Crippen molar-refractivity contribution in [3.8, 4) is 0 Å². The minimum atomic E-state index is -0.338. The number of rotatable bonds is 2. The van der Waals surface area contributed by atoms with Crippen LogP contribution in [0.15, 0.2) is 42.5 Å². The second-order valence-corrected chi connectivity index (χ2v) is 5.01. The van der Waals surface area contributed by atoms with Crippen molar-refractivity contribution in [2.75, 3.05) is 0 Å². The van der Waals surface area contributed by atoms with Crippen LogP contribution in [0.25, 0.3) is 10.9 Å². The lowest BCUT2D eigenvalue weighted by atomic mass is 9.99. The van der Waals surface area contributed by atoms with Gasteiger partial charge in [-0.2, -0.15) is 0 Å². The predicted octanol–water partition coefficient (Wildman–Crippen LogP) is 4.15. The number of fused-ring (bicyclic) bond motifs is 1. The van der Waals surface area contributed by atoms with Crippen LogP contribution in [0.5, 0.6) is 0 Å². The van der Waals surface area contributed by atoms with Crippen molar-refractivity contribution in [3.63, 3.8) is 0 Å². The molecular formula is C17H14FNO. The molecule has 2 nitrogen and oxygen atoms in total. The predicted molar refractivity (Wildman–Crippen MR) is 77.6 cm³/mol. The summed E-state index contributed by atoms with van der Waals surface area (Å²) in [5.41, 5.74) is 3.80. The number of ketones is 1. The van der Waals surface area contributed by atoms with E-state index in [0.717, 1.165) is 16.8 Å². The van der Waals surface area contributed by atoms with Gasteiger partial charge in [0.05, 0.1) is 5.56 Å². The minimum absolute atomic E-state index is 0.0839. The number of H-pyrrole nitrogens is 1. The SMILES string of the molecule is Cc1ccc(C(=O)c2c(C)[nH]c3ccc(F)cc23)cc1. The van der Waals surface area contributed by atoms with E-state index in [2.05, 4.69) is 4.98 Å². The van der Waals surface area contributed by atoms with Crippen LogP contribution in [-0.2, 0) is 0 Å². The summed E-state index contributed by atoms with van der Waals surface area (Å²) in [5, 5.41) is 0.632. The van der Waals surface area contributed by atoms with Crippen LogP contribution in [0.2, 0.25) is 0 Å². The summed E-state index contributed by atoms with van der Waals surface area (Å²) in [6.07, 6.45) is 0. The van der Waals surface area contributed by atoms with Gasteiger partial charge in [0.15, 0.2) is 5.78 Å². The first-order chi connectivity index (χ1) is 9.56. The Labute approximate surface area is 116 Å². The fourth-order valence-electron chi connectivity index (χ4n) is 2.44. The van der Waals surface area contributed by atoms with Gasteiger partial charge in [0, 0.05) is 22.2 Å². The third kappa shape index (κ3) is 2.01.